The molecule has 0 saturated heterocycles. The average molecular weight is 450 g/mol. The molecule has 0 atom stereocenters. The van der Waals surface area contributed by atoms with Crippen molar-refractivity contribution in [3.8, 4) is 11.1 Å². The van der Waals surface area contributed by atoms with Crippen LogP contribution in [0.4, 0.5) is 0 Å². The normalized spacial score (nSPS) is 14.8. The zero-order valence-electron chi connectivity index (χ0n) is 20.2. The van der Waals surface area contributed by atoms with Crippen molar-refractivity contribution >= 4 is 8.26 Å². The Bertz CT molecular complexity index is 1100. The molecule has 0 saturated carbocycles. The van der Waals surface area contributed by atoms with Gasteiger partial charge in [0.1, 0.15) is 0 Å². The summed E-state index contributed by atoms with van der Waals surface area (Å²) in [6.07, 6.45) is 9.33. The summed E-state index contributed by atoms with van der Waals surface area (Å²) >= 11 is -2.19. The van der Waals surface area contributed by atoms with Crippen molar-refractivity contribution in [1.82, 2.24) is 0 Å². The van der Waals surface area contributed by atoms with Crippen molar-refractivity contribution < 1.29 is 15.5 Å². The minimum atomic E-state index is -2.19. The molecule has 0 bridgehead atoms. The van der Waals surface area contributed by atoms with E-state index in [0.717, 1.165) is 6.42 Å². The van der Waals surface area contributed by atoms with Crippen molar-refractivity contribution in [2.24, 2.45) is 0 Å². The third-order valence-corrected chi connectivity index (χ3v) is 16.1. The molecule has 0 fully saturated rings. The predicted molar refractivity (Wildman–Crippen MR) is 130 cm³/mol. The zero-order chi connectivity index (χ0) is 21.8. The molecule has 0 heterocycles. The Morgan fingerprint density at radius 2 is 1.50 bits per heavy atom. The molecule has 30 heavy (non-hydrogen) atoms. The minimum absolute atomic E-state index is 0.161. The van der Waals surface area contributed by atoms with Crippen molar-refractivity contribution in [1.29, 1.82) is 0 Å². The maximum absolute atomic E-state index is 2.61. The molecule has 1 heteroatoms. The van der Waals surface area contributed by atoms with E-state index in [-0.39, 0.29) is 10.8 Å². The van der Waals surface area contributed by atoms with Crippen LogP contribution in [0.1, 0.15) is 84.1 Å². The summed E-state index contributed by atoms with van der Waals surface area (Å²) in [6, 6.07) is 12.4. The molecule has 154 valence electrons. The van der Waals surface area contributed by atoms with Gasteiger partial charge in [-0.2, -0.15) is 0 Å². The molecular weight excluding hydrogens is 414 g/mol. The molecule has 0 unspecified atom stereocenters. The quantitative estimate of drug-likeness (QED) is 0.364. The topological polar surface area (TPSA) is 0 Å². The second-order valence-corrected chi connectivity index (χ2v) is 20.6. The number of fused-ring (bicyclic) bond motifs is 3. The molecular formula is C29H36Zn. The van der Waals surface area contributed by atoms with Crippen LogP contribution in [-0.4, -0.2) is 4.11 Å². The zero-order valence-corrected chi connectivity index (χ0v) is 23.2. The van der Waals surface area contributed by atoms with Crippen molar-refractivity contribution in [2.45, 2.75) is 79.1 Å². The Morgan fingerprint density at radius 3 is 2.07 bits per heavy atom. The van der Waals surface area contributed by atoms with E-state index >= 15 is 0 Å². The van der Waals surface area contributed by atoms with Gasteiger partial charge in [-0.25, -0.2) is 0 Å². The van der Waals surface area contributed by atoms with Crippen LogP contribution >= 0.6 is 0 Å². The van der Waals surface area contributed by atoms with Gasteiger partial charge in [-0.3, -0.25) is 0 Å². The van der Waals surface area contributed by atoms with Gasteiger partial charge in [0.05, 0.1) is 0 Å². The van der Waals surface area contributed by atoms with Crippen molar-refractivity contribution in [2.75, 3.05) is 0 Å². The molecule has 0 nitrogen and oxygen atoms in total. The van der Waals surface area contributed by atoms with Gasteiger partial charge in [-0.15, -0.1) is 0 Å². The van der Waals surface area contributed by atoms with Crippen LogP contribution in [0.5, 0.6) is 0 Å². The molecule has 2 aromatic rings. The van der Waals surface area contributed by atoms with Crippen LogP contribution < -0.4 is 4.16 Å². The Kier molecular flexibility index (Phi) is 5.43. The van der Waals surface area contributed by atoms with E-state index in [1.165, 1.54) is 34.2 Å². The summed E-state index contributed by atoms with van der Waals surface area (Å²) in [5.41, 5.74) is 9.44. The average Bonchev–Trinajstić information content (AvgIpc) is 3.27. The third-order valence-electron chi connectivity index (χ3n) is 7.23. The third kappa shape index (κ3) is 3.87. The Balaban J connectivity index is 1.99. The van der Waals surface area contributed by atoms with E-state index in [1.807, 2.05) is 0 Å². The van der Waals surface area contributed by atoms with E-state index in [4.69, 9.17) is 0 Å². The Hall–Kier alpha value is -1.59. The molecule has 2 aliphatic carbocycles. The van der Waals surface area contributed by atoms with Gasteiger partial charge in [-0.1, -0.05) is 0 Å². The van der Waals surface area contributed by atoms with Gasteiger partial charge in [-0.05, 0) is 0 Å². The van der Waals surface area contributed by atoms with Crippen LogP contribution in [0.2, 0.25) is 0 Å². The molecule has 2 aromatic carbocycles. The van der Waals surface area contributed by atoms with Crippen molar-refractivity contribution in [3.63, 3.8) is 0 Å². The molecule has 0 aromatic heterocycles. The van der Waals surface area contributed by atoms with Crippen molar-refractivity contribution in [3.05, 3.63) is 75.0 Å². The second kappa shape index (κ2) is 7.53. The van der Waals surface area contributed by atoms with Crippen LogP contribution in [0.15, 0.2) is 52.7 Å². The SMILES string of the molecule is C[C](C)=[Zn]([C]1=CC=CC1)[c]1cc(C(C)(C)C)cc2c1Cc1ccc(C(C)(C)C)cc1-2. The Labute approximate surface area is 188 Å². The fourth-order valence-corrected chi connectivity index (χ4v) is 14.1. The molecule has 0 spiro atoms. The van der Waals surface area contributed by atoms with Crippen LogP contribution in [0, 0.1) is 0 Å². The van der Waals surface area contributed by atoms with E-state index in [1.54, 1.807) is 18.0 Å². The number of benzene rings is 2. The van der Waals surface area contributed by atoms with Crippen LogP contribution in [0.3, 0.4) is 0 Å². The fraction of sp³-hybridized carbons (Fsp3) is 0.414. The summed E-state index contributed by atoms with van der Waals surface area (Å²) in [5.74, 6) is 0. The van der Waals surface area contributed by atoms with Gasteiger partial charge in [0.15, 0.2) is 0 Å². The Morgan fingerprint density at radius 1 is 0.833 bits per heavy atom. The first kappa shape index (κ1) is 21.6. The summed E-state index contributed by atoms with van der Waals surface area (Å²) < 4.78 is 5.18. The fourth-order valence-electron chi connectivity index (χ4n) is 5.40. The van der Waals surface area contributed by atoms with E-state index in [9.17, 15) is 0 Å². The maximum atomic E-state index is 2.61. The summed E-state index contributed by atoms with van der Waals surface area (Å²) in [5, 5.41) is 0. The van der Waals surface area contributed by atoms with Crippen LogP contribution in [0.25, 0.3) is 11.1 Å². The summed E-state index contributed by atoms with van der Waals surface area (Å²) in [7, 11) is 0. The number of hydrogen-bond donors (Lipinski definition) is 0. The van der Waals surface area contributed by atoms with E-state index < -0.39 is 15.5 Å². The first-order valence-corrected chi connectivity index (χ1v) is 16.1. The van der Waals surface area contributed by atoms with E-state index in [2.05, 4.69) is 104 Å². The molecule has 2 aliphatic rings. The molecule has 4 rings (SSSR count). The second-order valence-electron chi connectivity index (χ2n) is 11.9. The number of rotatable bonds is 2. The van der Waals surface area contributed by atoms with Gasteiger partial charge < -0.3 is 0 Å². The molecule has 0 aliphatic heterocycles. The van der Waals surface area contributed by atoms with Crippen LogP contribution in [-0.2, 0) is 32.8 Å². The first-order valence-electron chi connectivity index (χ1n) is 11.6. The van der Waals surface area contributed by atoms with E-state index in [0.29, 0.717) is 0 Å². The standard InChI is InChI=1S/C21H25.C5H5.C3H6.Zn/c1-20(2,3)16-9-7-14-11-15-8-10-17(21(4,5)6)13-19(15)18(14)12-16;1-2-4-5-3-1;1-3-2;/h7,9-10,12-13H,11H2,1-6H3;1-3H,4H2;1-2H3;. The number of allylic oxidation sites excluding steroid dienone is 4. The van der Waals surface area contributed by atoms with Gasteiger partial charge in [0, 0.05) is 0 Å². The van der Waals surface area contributed by atoms with Gasteiger partial charge in [0.25, 0.3) is 0 Å². The molecule has 0 amide bonds. The van der Waals surface area contributed by atoms with Gasteiger partial charge in [0.2, 0.25) is 0 Å². The van der Waals surface area contributed by atoms with Gasteiger partial charge >= 0.3 is 189 Å². The first-order chi connectivity index (χ1) is 14.0. The number of hydrogen-bond acceptors (Lipinski definition) is 0. The predicted octanol–water partition coefficient (Wildman–Crippen LogP) is 7.15. The monoisotopic (exact) mass is 448 g/mol. The molecule has 0 N–H and O–H groups in total. The summed E-state index contributed by atoms with van der Waals surface area (Å²) in [4.78, 5) is 0. The summed E-state index contributed by atoms with van der Waals surface area (Å²) in [6.45, 7) is 18.9. The molecule has 0 radical (unpaired) electrons.